The quantitative estimate of drug-likeness (QED) is 0.801. The van der Waals surface area contributed by atoms with Crippen LogP contribution >= 0.6 is 11.6 Å². The normalized spacial score (nSPS) is 24.7. The molecule has 0 aromatic carbocycles. The van der Waals surface area contributed by atoms with Gasteiger partial charge in [0.25, 0.3) is 0 Å². The Morgan fingerprint density at radius 3 is 2.63 bits per heavy atom. The van der Waals surface area contributed by atoms with Crippen molar-refractivity contribution in [1.82, 2.24) is 19.3 Å². The summed E-state index contributed by atoms with van der Waals surface area (Å²) in [6.45, 7) is 9.32. The Morgan fingerprint density at radius 1 is 1.42 bits per heavy atom. The summed E-state index contributed by atoms with van der Waals surface area (Å²) in [6.07, 6.45) is 2.44. The van der Waals surface area contributed by atoms with Gasteiger partial charge in [0.15, 0.2) is 5.65 Å². The maximum Gasteiger partial charge on any atom is 0.159 e. The summed E-state index contributed by atoms with van der Waals surface area (Å²) < 4.78 is 4.40. The molecule has 104 valence electrons. The van der Waals surface area contributed by atoms with Crippen LogP contribution in [0.3, 0.4) is 0 Å². The molecule has 0 spiro atoms. The van der Waals surface area contributed by atoms with E-state index in [1.165, 1.54) is 12.8 Å². The van der Waals surface area contributed by atoms with Crippen LogP contribution in [0.2, 0.25) is 0 Å². The summed E-state index contributed by atoms with van der Waals surface area (Å²) in [5.74, 6) is 1.80. The van der Waals surface area contributed by atoms with Crippen LogP contribution in [0.1, 0.15) is 56.6 Å². The topological polar surface area (TPSA) is 35.6 Å². The van der Waals surface area contributed by atoms with Crippen molar-refractivity contribution in [3.63, 3.8) is 0 Å². The summed E-state index contributed by atoms with van der Waals surface area (Å²) in [6, 6.07) is 0.539. The Balaban J connectivity index is 2.21. The lowest BCUT2D eigenvalue weighted by Crippen LogP contribution is -2.27. The molecule has 1 fully saturated rings. The van der Waals surface area contributed by atoms with Crippen molar-refractivity contribution in [2.75, 3.05) is 0 Å². The zero-order valence-corrected chi connectivity index (χ0v) is 12.8. The zero-order valence-electron chi connectivity index (χ0n) is 12.0. The van der Waals surface area contributed by atoms with E-state index in [9.17, 15) is 0 Å². The van der Waals surface area contributed by atoms with Gasteiger partial charge < -0.3 is 4.57 Å². The molecule has 3 rings (SSSR count). The molecule has 0 amide bonds. The van der Waals surface area contributed by atoms with Gasteiger partial charge in [-0.3, -0.25) is 0 Å². The van der Waals surface area contributed by atoms with E-state index in [1.54, 1.807) is 0 Å². The van der Waals surface area contributed by atoms with E-state index in [0.29, 0.717) is 6.04 Å². The highest BCUT2D eigenvalue weighted by Gasteiger charge is 2.32. The van der Waals surface area contributed by atoms with Crippen molar-refractivity contribution in [3.05, 3.63) is 11.5 Å². The third-order valence-electron chi connectivity index (χ3n) is 4.14. The van der Waals surface area contributed by atoms with Gasteiger partial charge in [-0.05, 0) is 39.5 Å². The summed E-state index contributed by atoms with van der Waals surface area (Å²) in [4.78, 5) is 4.76. The number of rotatable bonds is 3. The molecule has 0 bridgehead atoms. The average Bonchev–Trinajstić information content (AvgIpc) is 2.84. The van der Waals surface area contributed by atoms with E-state index in [4.69, 9.17) is 16.6 Å². The molecule has 2 aromatic rings. The van der Waals surface area contributed by atoms with Gasteiger partial charge in [-0.1, -0.05) is 6.92 Å². The number of alkyl halides is 1. The number of aromatic nitrogens is 4. The predicted octanol–water partition coefficient (Wildman–Crippen LogP) is 3.83. The second-order valence-corrected chi connectivity index (χ2v) is 6.41. The molecule has 0 saturated heterocycles. The van der Waals surface area contributed by atoms with E-state index in [2.05, 4.69) is 28.2 Å². The van der Waals surface area contributed by atoms with Gasteiger partial charge in [-0.2, -0.15) is 5.10 Å². The van der Waals surface area contributed by atoms with Crippen LogP contribution < -0.4 is 0 Å². The largest absolute Gasteiger partial charge is 0.309 e. The van der Waals surface area contributed by atoms with Crippen molar-refractivity contribution in [2.45, 2.75) is 58.5 Å². The summed E-state index contributed by atoms with van der Waals surface area (Å²) in [5, 5.41) is 4.52. The van der Waals surface area contributed by atoms with Crippen LogP contribution in [0.25, 0.3) is 11.2 Å². The minimum atomic E-state index is -0.0620. The number of fused-ring (bicyclic) bond motifs is 1. The molecule has 0 radical (unpaired) electrons. The van der Waals surface area contributed by atoms with Crippen LogP contribution in [-0.2, 0) is 6.54 Å². The first-order valence-electron chi connectivity index (χ1n) is 7.12. The molecule has 1 atom stereocenters. The number of halogens is 1. The summed E-state index contributed by atoms with van der Waals surface area (Å²) in [7, 11) is 0. The molecule has 0 N–H and O–H groups in total. The van der Waals surface area contributed by atoms with Gasteiger partial charge in [0.2, 0.25) is 0 Å². The van der Waals surface area contributed by atoms with Crippen molar-refractivity contribution in [3.8, 4) is 0 Å². The number of imidazole rings is 1. The Hall–Kier alpha value is -1.03. The minimum absolute atomic E-state index is 0.0620. The highest BCUT2D eigenvalue weighted by atomic mass is 35.5. The molecule has 2 heterocycles. The first kappa shape index (κ1) is 13.0. The van der Waals surface area contributed by atoms with Crippen molar-refractivity contribution < 1.29 is 0 Å². The predicted molar refractivity (Wildman–Crippen MR) is 77.6 cm³/mol. The molecule has 2 aromatic heterocycles. The van der Waals surface area contributed by atoms with Crippen LogP contribution in [0, 0.1) is 12.8 Å². The lowest BCUT2D eigenvalue weighted by molar-refractivity contribution is 0.214. The fourth-order valence-corrected chi connectivity index (χ4v) is 3.29. The SMILES string of the molecule is CCn1nc(C)c2nc(C(C)Cl)n(C3CC(C)C3)c21. The van der Waals surface area contributed by atoms with Gasteiger partial charge in [0, 0.05) is 12.6 Å². The van der Waals surface area contributed by atoms with E-state index in [0.717, 1.165) is 35.1 Å². The fraction of sp³-hybridized carbons (Fsp3) is 0.714. The van der Waals surface area contributed by atoms with Gasteiger partial charge in [0.05, 0.1) is 11.1 Å². The van der Waals surface area contributed by atoms with Crippen LogP contribution in [0.5, 0.6) is 0 Å². The van der Waals surface area contributed by atoms with E-state index in [1.807, 2.05) is 13.8 Å². The monoisotopic (exact) mass is 280 g/mol. The highest BCUT2D eigenvalue weighted by molar-refractivity contribution is 6.20. The average molecular weight is 281 g/mol. The van der Waals surface area contributed by atoms with Crippen LogP contribution in [0.15, 0.2) is 0 Å². The third-order valence-corrected chi connectivity index (χ3v) is 4.34. The molecule has 0 aliphatic heterocycles. The molecule has 19 heavy (non-hydrogen) atoms. The smallest absolute Gasteiger partial charge is 0.159 e. The zero-order chi connectivity index (χ0) is 13.7. The van der Waals surface area contributed by atoms with E-state index in [-0.39, 0.29) is 5.38 Å². The molecule has 1 saturated carbocycles. The number of hydrogen-bond acceptors (Lipinski definition) is 2. The second-order valence-electron chi connectivity index (χ2n) is 5.76. The Bertz CT molecular complexity index is 605. The molecule has 1 unspecified atom stereocenters. The van der Waals surface area contributed by atoms with Crippen molar-refractivity contribution in [2.24, 2.45) is 5.92 Å². The van der Waals surface area contributed by atoms with E-state index < -0.39 is 0 Å². The number of aryl methyl sites for hydroxylation is 2. The Labute approximate surface area is 118 Å². The number of hydrogen-bond donors (Lipinski definition) is 0. The standard InChI is InChI=1S/C14H21ClN4/c1-5-18-14-12(10(4)17-18)16-13(9(3)15)19(14)11-6-8(2)7-11/h8-9,11H,5-7H2,1-4H3. The second kappa shape index (κ2) is 4.51. The maximum absolute atomic E-state index is 6.33. The Morgan fingerprint density at radius 2 is 2.11 bits per heavy atom. The third kappa shape index (κ3) is 1.88. The fourth-order valence-electron chi connectivity index (χ4n) is 3.14. The van der Waals surface area contributed by atoms with Crippen LogP contribution in [-0.4, -0.2) is 19.3 Å². The first-order chi connectivity index (χ1) is 9.02. The Kier molecular flexibility index (Phi) is 3.08. The maximum atomic E-state index is 6.33. The van der Waals surface area contributed by atoms with Gasteiger partial charge in [-0.15, -0.1) is 11.6 Å². The molecule has 1 aliphatic carbocycles. The van der Waals surface area contributed by atoms with E-state index >= 15 is 0 Å². The summed E-state index contributed by atoms with van der Waals surface area (Å²) in [5.41, 5.74) is 3.17. The van der Waals surface area contributed by atoms with Gasteiger partial charge in [0.1, 0.15) is 11.3 Å². The lowest BCUT2D eigenvalue weighted by atomic mass is 9.81. The summed E-state index contributed by atoms with van der Waals surface area (Å²) >= 11 is 6.33. The minimum Gasteiger partial charge on any atom is -0.309 e. The highest BCUT2D eigenvalue weighted by Crippen LogP contribution is 2.41. The molecule has 5 heteroatoms. The van der Waals surface area contributed by atoms with Gasteiger partial charge >= 0.3 is 0 Å². The van der Waals surface area contributed by atoms with Crippen molar-refractivity contribution >= 4 is 22.8 Å². The molecular formula is C14H21ClN4. The van der Waals surface area contributed by atoms with Crippen molar-refractivity contribution in [1.29, 1.82) is 0 Å². The number of nitrogens with zero attached hydrogens (tertiary/aromatic N) is 4. The first-order valence-corrected chi connectivity index (χ1v) is 7.55. The van der Waals surface area contributed by atoms with Crippen LogP contribution in [0.4, 0.5) is 0 Å². The molecule has 1 aliphatic rings. The molecule has 4 nitrogen and oxygen atoms in total. The molecular weight excluding hydrogens is 260 g/mol. The lowest BCUT2D eigenvalue weighted by Gasteiger charge is -2.35. The van der Waals surface area contributed by atoms with Gasteiger partial charge in [-0.25, -0.2) is 9.67 Å².